The second kappa shape index (κ2) is 12.9. The van der Waals surface area contributed by atoms with E-state index >= 15 is 0 Å². The summed E-state index contributed by atoms with van der Waals surface area (Å²) >= 11 is 4.86. The van der Waals surface area contributed by atoms with Gasteiger partial charge < -0.3 is 5.73 Å². The van der Waals surface area contributed by atoms with E-state index in [-0.39, 0.29) is 5.11 Å². The first-order valence-electron chi connectivity index (χ1n) is 9.32. The van der Waals surface area contributed by atoms with Crippen LogP contribution in [-0.4, -0.2) is 10.8 Å². The van der Waals surface area contributed by atoms with Crippen molar-refractivity contribution in [3.05, 3.63) is 35.4 Å². The Morgan fingerprint density at radius 3 is 2.04 bits per heavy atom. The Balaban J connectivity index is 2.34. The first-order chi connectivity index (χ1) is 11.6. The zero-order chi connectivity index (χ0) is 17.6. The summed E-state index contributed by atoms with van der Waals surface area (Å²) < 4.78 is 0. The first-order valence-corrected chi connectivity index (χ1v) is 9.73. The van der Waals surface area contributed by atoms with Crippen molar-refractivity contribution in [1.82, 2.24) is 5.43 Å². The summed E-state index contributed by atoms with van der Waals surface area (Å²) in [6.07, 6.45) is 12.9. The van der Waals surface area contributed by atoms with E-state index in [0.29, 0.717) is 0 Å². The van der Waals surface area contributed by atoms with Crippen LogP contribution < -0.4 is 11.2 Å². The fourth-order valence-corrected chi connectivity index (χ4v) is 2.78. The Bertz CT molecular complexity index is 494. The molecule has 0 aromatic heterocycles. The van der Waals surface area contributed by atoms with Gasteiger partial charge in [-0.2, -0.15) is 5.10 Å². The van der Waals surface area contributed by atoms with Crippen molar-refractivity contribution in [2.24, 2.45) is 10.8 Å². The number of thiocarbonyl (C=S) groups is 1. The number of hydrazone groups is 1. The highest BCUT2D eigenvalue weighted by Gasteiger charge is 2.04. The molecule has 0 fully saturated rings. The summed E-state index contributed by atoms with van der Waals surface area (Å²) in [6.45, 7) is 4.35. The molecule has 0 amide bonds. The SMILES string of the molecule is CCCCCCCCCCC/C(=N\NC(N)=S)c1ccc(C)cc1. The van der Waals surface area contributed by atoms with E-state index in [4.69, 9.17) is 18.0 Å². The van der Waals surface area contributed by atoms with Gasteiger partial charge in [0.1, 0.15) is 0 Å². The summed E-state index contributed by atoms with van der Waals surface area (Å²) in [4.78, 5) is 0. The van der Waals surface area contributed by atoms with Crippen molar-refractivity contribution in [3.63, 3.8) is 0 Å². The van der Waals surface area contributed by atoms with Gasteiger partial charge in [-0.15, -0.1) is 0 Å². The van der Waals surface area contributed by atoms with Gasteiger partial charge in [-0.1, -0.05) is 88.1 Å². The lowest BCUT2D eigenvalue weighted by Crippen LogP contribution is -2.25. The summed E-state index contributed by atoms with van der Waals surface area (Å²) in [5.74, 6) is 0. The van der Waals surface area contributed by atoms with E-state index in [1.807, 2.05) is 0 Å². The van der Waals surface area contributed by atoms with Crippen molar-refractivity contribution >= 4 is 23.0 Å². The van der Waals surface area contributed by atoms with Crippen LogP contribution in [0.25, 0.3) is 0 Å². The van der Waals surface area contributed by atoms with Crippen LogP contribution in [0.3, 0.4) is 0 Å². The average molecular weight is 348 g/mol. The van der Waals surface area contributed by atoms with Crippen LogP contribution in [0.2, 0.25) is 0 Å². The van der Waals surface area contributed by atoms with E-state index < -0.39 is 0 Å². The maximum atomic E-state index is 5.50. The predicted octanol–water partition coefficient (Wildman–Crippen LogP) is 5.45. The van der Waals surface area contributed by atoms with Gasteiger partial charge in [0.2, 0.25) is 0 Å². The number of unbranched alkanes of at least 4 members (excludes halogenated alkanes) is 8. The van der Waals surface area contributed by atoms with Crippen LogP contribution >= 0.6 is 12.2 Å². The highest BCUT2D eigenvalue weighted by Crippen LogP contribution is 2.13. The van der Waals surface area contributed by atoms with Crippen LogP contribution in [0.5, 0.6) is 0 Å². The van der Waals surface area contributed by atoms with Crippen LogP contribution in [0.1, 0.15) is 82.3 Å². The molecular weight excluding hydrogens is 314 g/mol. The van der Waals surface area contributed by atoms with E-state index in [0.717, 1.165) is 24.1 Å². The number of aryl methyl sites for hydroxylation is 1. The molecule has 4 heteroatoms. The van der Waals surface area contributed by atoms with E-state index in [1.165, 1.54) is 56.9 Å². The van der Waals surface area contributed by atoms with Crippen LogP contribution in [0, 0.1) is 6.92 Å². The summed E-state index contributed by atoms with van der Waals surface area (Å²) in [6, 6.07) is 8.45. The average Bonchev–Trinajstić information content (AvgIpc) is 2.57. The smallest absolute Gasteiger partial charge is 0.184 e. The maximum Gasteiger partial charge on any atom is 0.184 e. The zero-order valence-electron chi connectivity index (χ0n) is 15.3. The van der Waals surface area contributed by atoms with Crippen molar-refractivity contribution in [3.8, 4) is 0 Å². The molecule has 0 saturated heterocycles. The van der Waals surface area contributed by atoms with Gasteiger partial charge in [-0.05, 0) is 37.5 Å². The molecule has 0 aliphatic carbocycles. The molecular formula is C20H33N3S. The van der Waals surface area contributed by atoms with E-state index in [1.54, 1.807) is 0 Å². The molecule has 3 nitrogen and oxygen atoms in total. The van der Waals surface area contributed by atoms with Gasteiger partial charge in [0.25, 0.3) is 0 Å². The number of nitrogens with zero attached hydrogens (tertiary/aromatic N) is 1. The minimum Gasteiger partial charge on any atom is -0.375 e. The lowest BCUT2D eigenvalue weighted by molar-refractivity contribution is 0.568. The lowest BCUT2D eigenvalue weighted by atomic mass is 10.0. The Hall–Kier alpha value is -1.42. The largest absolute Gasteiger partial charge is 0.375 e. The molecule has 0 bridgehead atoms. The quantitative estimate of drug-likeness (QED) is 0.229. The Kier molecular flexibility index (Phi) is 11.1. The summed E-state index contributed by atoms with van der Waals surface area (Å²) in [5.41, 5.74) is 11.7. The third kappa shape index (κ3) is 9.66. The highest BCUT2D eigenvalue weighted by molar-refractivity contribution is 7.80. The number of rotatable bonds is 12. The minimum atomic E-state index is 0.215. The van der Waals surface area contributed by atoms with Gasteiger partial charge >= 0.3 is 0 Å². The molecule has 0 saturated carbocycles. The highest BCUT2D eigenvalue weighted by atomic mass is 32.1. The minimum absolute atomic E-state index is 0.215. The molecule has 0 spiro atoms. The Morgan fingerprint density at radius 1 is 0.958 bits per heavy atom. The second-order valence-corrected chi connectivity index (χ2v) is 6.92. The molecule has 24 heavy (non-hydrogen) atoms. The molecule has 0 radical (unpaired) electrons. The van der Waals surface area contributed by atoms with Crippen molar-refractivity contribution < 1.29 is 0 Å². The number of nitrogens with two attached hydrogens (primary N) is 1. The molecule has 134 valence electrons. The number of hydrogen-bond acceptors (Lipinski definition) is 2. The number of benzene rings is 1. The third-order valence-corrected chi connectivity index (χ3v) is 4.29. The van der Waals surface area contributed by atoms with Crippen molar-refractivity contribution in [2.45, 2.75) is 78.1 Å². The van der Waals surface area contributed by atoms with Crippen LogP contribution in [0.4, 0.5) is 0 Å². The fourth-order valence-electron chi connectivity index (χ4n) is 2.74. The summed E-state index contributed by atoms with van der Waals surface area (Å²) in [7, 11) is 0. The molecule has 0 aliphatic heterocycles. The van der Waals surface area contributed by atoms with Crippen molar-refractivity contribution in [1.29, 1.82) is 0 Å². The molecule has 0 atom stereocenters. The van der Waals surface area contributed by atoms with Gasteiger partial charge in [-0.3, -0.25) is 5.43 Å². The standard InChI is InChI=1S/C20H33N3S/c1-3-4-5-6-7-8-9-10-11-12-19(22-23-20(21)24)18-15-13-17(2)14-16-18/h13-16H,3-12H2,1-2H3,(H3,21,23,24)/b22-19+. The first kappa shape index (κ1) is 20.6. The molecule has 3 N–H and O–H groups in total. The fraction of sp³-hybridized carbons (Fsp3) is 0.600. The topological polar surface area (TPSA) is 50.4 Å². The normalized spacial score (nSPS) is 11.5. The van der Waals surface area contributed by atoms with E-state index in [9.17, 15) is 0 Å². The van der Waals surface area contributed by atoms with Gasteiger partial charge in [0, 0.05) is 0 Å². The third-order valence-electron chi connectivity index (χ3n) is 4.20. The molecule has 0 unspecified atom stereocenters. The number of nitrogens with one attached hydrogen (secondary N) is 1. The Labute approximate surface area is 153 Å². The molecule has 0 heterocycles. The molecule has 1 aromatic carbocycles. The zero-order valence-corrected chi connectivity index (χ0v) is 16.1. The summed E-state index contributed by atoms with van der Waals surface area (Å²) in [5, 5.41) is 4.61. The predicted molar refractivity (Wildman–Crippen MR) is 109 cm³/mol. The molecule has 1 rings (SSSR count). The Morgan fingerprint density at radius 2 is 1.50 bits per heavy atom. The van der Waals surface area contributed by atoms with Gasteiger partial charge in [0.15, 0.2) is 5.11 Å². The van der Waals surface area contributed by atoms with Gasteiger partial charge in [-0.25, -0.2) is 0 Å². The van der Waals surface area contributed by atoms with Crippen LogP contribution in [0.15, 0.2) is 29.4 Å². The molecule has 1 aromatic rings. The maximum absolute atomic E-state index is 5.50. The van der Waals surface area contributed by atoms with Crippen molar-refractivity contribution in [2.75, 3.05) is 0 Å². The second-order valence-electron chi connectivity index (χ2n) is 6.48. The number of hydrogen-bond donors (Lipinski definition) is 2. The van der Waals surface area contributed by atoms with Gasteiger partial charge in [0.05, 0.1) is 5.71 Å². The monoisotopic (exact) mass is 347 g/mol. The van der Waals surface area contributed by atoms with E-state index in [2.05, 4.69) is 48.6 Å². The van der Waals surface area contributed by atoms with Crippen LogP contribution in [-0.2, 0) is 0 Å². The molecule has 0 aliphatic rings. The lowest BCUT2D eigenvalue weighted by Gasteiger charge is -2.08.